The van der Waals surface area contributed by atoms with Crippen molar-refractivity contribution in [2.75, 3.05) is 26.7 Å². The summed E-state index contributed by atoms with van der Waals surface area (Å²) >= 11 is 0. The van der Waals surface area contributed by atoms with Crippen molar-refractivity contribution in [3.8, 4) is 0 Å². The third kappa shape index (κ3) is 9.64. The first-order valence-corrected chi connectivity index (χ1v) is 8.02. The van der Waals surface area contributed by atoms with Crippen LogP contribution in [0.3, 0.4) is 0 Å². The van der Waals surface area contributed by atoms with Gasteiger partial charge in [0.2, 0.25) is 0 Å². The lowest BCUT2D eigenvalue weighted by molar-refractivity contribution is -0.908. The predicted molar refractivity (Wildman–Crippen MR) is 79.4 cm³/mol. The summed E-state index contributed by atoms with van der Waals surface area (Å²) in [7, 11) is 2.45. The summed E-state index contributed by atoms with van der Waals surface area (Å²) in [5.74, 6) is 0. The van der Waals surface area contributed by atoms with Gasteiger partial charge >= 0.3 is 0 Å². The fraction of sp³-hybridized carbons (Fsp3) is 1.00. The topological polar surface area (TPSA) is 0 Å². The zero-order valence-electron chi connectivity index (χ0n) is 12.9. The van der Waals surface area contributed by atoms with E-state index in [0.29, 0.717) is 0 Å². The van der Waals surface area contributed by atoms with Gasteiger partial charge in [-0.25, -0.2) is 0 Å². The molecule has 0 spiro atoms. The molecule has 1 nitrogen and oxygen atoms in total. The predicted octanol–water partition coefficient (Wildman–Crippen LogP) is 5.00. The first kappa shape index (κ1) is 17.0. The molecule has 0 N–H and O–H groups in total. The molecule has 17 heavy (non-hydrogen) atoms. The maximum atomic E-state index is 2.45. The molecule has 0 aromatic rings. The quantitative estimate of drug-likeness (QED) is 0.333. The average Bonchev–Trinajstić information content (AvgIpc) is 2.34. The zero-order valence-corrected chi connectivity index (χ0v) is 12.9. The molecule has 0 saturated heterocycles. The van der Waals surface area contributed by atoms with Crippen LogP contribution < -0.4 is 0 Å². The van der Waals surface area contributed by atoms with E-state index in [0.717, 1.165) is 0 Å². The molecule has 0 aliphatic heterocycles. The molecule has 0 aromatic carbocycles. The Morgan fingerprint density at radius 3 is 1.41 bits per heavy atom. The molecule has 0 aliphatic carbocycles. The van der Waals surface area contributed by atoms with E-state index in [1.54, 1.807) is 0 Å². The summed E-state index contributed by atoms with van der Waals surface area (Å²) in [5.41, 5.74) is 0. The van der Waals surface area contributed by atoms with Crippen molar-refractivity contribution in [2.24, 2.45) is 0 Å². The largest absolute Gasteiger partial charge is 0.326 e. The second-order valence-corrected chi connectivity index (χ2v) is 5.86. The maximum Gasteiger partial charge on any atom is 0.0784 e. The minimum atomic E-state index is 1.30. The van der Waals surface area contributed by atoms with Crippen molar-refractivity contribution in [3.05, 3.63) is 0 Å². The third-order valence-corrected chi connectivity index (χ3v) is 4.12. The summed E-state index contributed by atoms with van der Waals surface area (Å²) in [6, 6.07) is 0. The van der Waals surface area contributed by atoms with Crippen LogP contribution in [-0.4, -0.2) is 31.2 Å². The lowest BCUT2D eigenvalue weighted by atomic mass is 10.1. The SMILES string of the molecule is CCCCCCC[N+](C)(CC)CCCCCC. The number of quaternary nitrogens is 1. The van der Waals surface area contributed by atoms with Gasteiger partial charge in [0.15, 0.2) is 0 Å². The van der Waals surface area contributed by atoms with Crippen LogP contribution in [0.2, 0.25) is 0 Å². The van der Waals surface area contributed by atoms with Crippen LogP contribution in [-0.2, 0) is 0 Å². The molecule has 0 heterocycles. The number of unbranched alkanes of at least 4 members (excludes halogenated alkanes) is 7. The minimum Gasteiger partial charge on any atom is -0.326 e. The smallest absolute Gasteiger partial charge is 0.0784 e. The first-order chi connectivity index (χ1) is 8.18. The van der Waals surface area contributed by atoms with Crippen molar-refractivity contribution in [2.45, 2.75) is 78.6 Å². The number of hydrogen-bond donors (Lipinski definition) is 0. The molecule has 1 unspecified atom stereocenters. The molecular formula is C16H36N+. The summed E-state index contributed by atoms with van der Waals surface area (Å²) in [4.78, 5) is 0. The molecule has 0 aliphatic rings. The molecule has 104 valence electrons. The van der Waals surface area contributed by atoms with Crippen LogP contribution in [0.15, 0.2) is 0 Å². The van der Waals surface area contributed by atoms with Crippen molar-refractivity contribution >= 4 is 0 Å². The van der Waals surface area contributed by atoms with Gasteiger partial charge in [0.1, 0.15) is 0 Å². The highest BCUT2D eigenvalue weighted by molar-refractivity contribution is 4.46. The van der Waals surface area contributed by atoms with Crippen molar-refractivity contribution < 1.29 is 4.48 Å². The van der Waals surface area contributed by atoms with E-state index in [2.05, 4.69) is 27.8 Å². The lowest BCUT2D eigenvalue weighted by Crippen LogP contribution is -2.45. The van der Waals surface area contributed by atoms with Gasteiger partial charge < -0.3 is 4.48 Å². The highest BCUT2D eigenvalue weighted by Crippen LogP contribution is 2.11. The average molecular weight is 242 g/mol. The Bertz CT molecular complexity index is 156. The van der Waals surface area contributed by atoms with Crippen LogP contribution in [0.5, 0.6) is 0 Å². The summed E-state index contributed by atoms with van der Waals surface area (Å²) in [6.45, 7) is 11.0. The van der Waals surface area contributed by atoms with Gasteiger partial charge in [0.25, 0.3) is 0 Å². The third-order valence-electron chi connectivity index (χ3n) is 4.12. The Labute approximate surface area is 110 Å². The molecule has 0 fully saturated rings. The highest BCUT2D eigenvalue weighted by atomic mass is 15.3. The molecule has 0 rings (SSSR count). The Kier molecular flexibility index (Phi) is 11.0. The van der Waals surface area contributed by atoms with Gasteiger partial charge in [-0.3, -0.25) is 0 Å². The molecule has 0 aromatic heterocycles. The van der Waals surface area contributed by atoms with Crippen LogP contribution >= 0.6 is 0 Å². The fourth-order valence-corrected chi connectivity index (χ4v) is 2.45. The van der Waals surface area contributed by atoms with E-state index in [9.17, 15) is 0 Å². The van der Waals surface area contributed by atoms with Gasteiger partial charge in [-0.15, -0.1) is 0 Å². The van der Waals surface area contributed by atoms with E-state index in [-0.39, 0.29) is 0 Å². The summed E-state index contributed by atoms with van der Waals surface area (Å²) < 4.78 is 1.30. The van der Waals surface area contributed by atoms with Crippen molar-refractivity contribution in [3.63, 3.8) is 0 Å². The Hall–Kier alpha value is -0.0400. The van der Waals surface area contributed by atoms with E-state index < -0.39 is 0 Å². The monoisotopic (exact) mass is 242 g/mol. The zero-order chi connectivity index (χ0) is 13.0. The van der Waals surface area contributed by atoms with Crippen LogP contribution in [0, 0.1) is 0 Å². The normalized spacial score (nSPS) is 14.8. The Morgan fingerprint density at radius 1 is 0.588 bits per heavy atom. The molecule has 0 radical (unpaired) electrons. The summed E-state index contributed by atoms with van der Waals surface area (Å²) in [6.07, 6.45) is 12.7. The van der Waals surface area contributed by atoms with Crippen molar-refractivity contribution in [1.82, 2.24) is 0 Å². The van der Waals surface area contributed by atoms with E-state index in [1.165, 1.54) is 81.9 Å². The van der Waals surface area contributed by atoms with Crippen molar-refractivity contribution in [1.29, 1.82) is 0 Å². The first-order valence-electron chi connectivity index (χ1n) is 8.02. The fourth-order valence-electron chi connectivity index (χ4n) is 2.45. The van der Waals surface area contributed by atoms with E-state index in [1.807, 2.05) is 0 Å². The highest BCUT2D eigenvalue weighted by Gasteiger charge is 2.17. The minimum absolute atomic E-state index is 1.30. The molecule has 1 atom stereocenters. The summed E-state index contributed by atoms with van der Waals surface area (Å²) in [5, 5.41) is 0. The molecular weight excluding hydrogens is 206 g/mol. The lowest BCUT2D eigenvalue weighted by Gasteiger charge is -2.33. The van der Waals surface area contributed by atoms with Crippen LogP contribution in [0.25, 0.3) is 0 Å². The molecule has 1 heteroatoms. The molecule has 0 saturated carbocycles. The van der Waals surface area contributed by atoms with Gasteiger partial charge in [-0.1, -0.05) is 46.0 Å². The van der Waals surface area contributed by atoms with Crippen LogP contribution in [0.4, 0.5) is 0 Å². The van der Waals surface area contributed by atoms with E-state index in [4.69, 9.17) is 0 Å². The Balaban J connectivity index is 3.61. The van der Waals surface area contributed by atoms with Crippen LogP contribution in [0.1, 0.15) is 78.6 Å². The van der Waals surface area contributed by atoms with Gasteiger partial charge in [0.05, 0.1) is 26.7 Å². The number of hydrogen-bond acceptors (Lipinski definition) is 0. The standard InChI is InChI=1S/C16H36N/c1-5-8-10-12-14-16-17(4,7-3)15-13-11-9-6-2/h5-16H2,1-4H3/q+1. The second kappa shape index (κ2) is 11.1. The maximum absolute atomic E-state index is 2.45. The number of rotatable bonds is 12. The van der Waals surface area contributed by atoms with Gasteiger partial charge in [0, 0.05) is 0 Å². The van der Waals surface area contributed by atoms with Gasteiger partial charge in [-0.2, -0.15) is 0 Å². The molecule has 0 bridgehead atoms. The molecule has 0 amide bonds. The second-order valence-electron chi connectivity index (χ2n) is 5.86. The Morgan fingerprint density at radius 2 is 1.00 bits per heavy atom. The number of nitrogens with zero attached hydrogens (tertiary/aromatic N) is 1. The van der Waals surface area contributed by atoms with E-state index >= 15 is 0 Å². The van der Waals surface area contributed by atoms with Gasteiger partial charge in [-0.05, 0) is 32.6 Å².